The number of alkyl carbamates (subject to hydrolysis) is 1. The Morgan fingerprint density at radius 1 is 1.05 bits per heavy atom. The number of carbonyl (C=O) groups excluding carboxylic acids is 1. The molecule has 2 aliphatic rings. The topological polar surface area (TPSA) is 131 Å². The molecule has 5 rings (SSSR count). The van der Waals surface area contributed by atoms with E-state index >= 15 is 0 Å². The predicted molar refractivity (Wildman–Crippen MR) is 211 cm³/mol. The number of aromatic nitrogens is 2. The van der Waals surface area contributed by atoms with Crippen molar-refractivity contribution in [3.8, 4) is 0 Å². The molecular weight excluding hydrogens is 752 g/mol. The molecule has 1 aromatic heterocycles. The summed E-state index contributed by atoms with van der Waals surface area (Å²) < 4.78 is 84.7. The number of benzene rings is 2. The van der Waals surface area contributed by atoms with Gasteiger partial charge in [0, 0.05) is 32.6 Å². The number of nitrogens with zero attached hydrogens (tertiary/aromatic N) is 2. The first-order chi connectivity index (χ1) is 25.9. The quantitative estimate of drug-likeness (QED) is 0.0564. The van der Waals surface area contributed by atoms with E-state index in [1.54, 1.807) is 30.3 Å². The van der Waals surface area contributed by atoms with E-state index in [2.05, 4.69) is 29.7 Å². The molecule has 11 nitrogen and oxygen atoms in total. The van der Waals surface area contributed by atoms with Crippen LogP contribution in [0.1, 0.15) is 82.4 Å². The summed E-state index contributed by atoms with van der Waals surface area (Å²) in [6, 6.07) is 11.9. The molecule has 2 saturated carbocycles. The Bertz CT molecular complexity index is 1680. The van der Waals surface area contributed by atoms with E-state index in [1.165, 1.54) is 0 Å². The molecule has 5 atom stereocenters. The highest BCUT2D eigenvalue weighted by molar-refractivity contribution is 7.90. The first-order valence-electron chi connectivity index (χ1n) is 19.2. The highest BCUT2D eigenvalue weighted by Crippen LogP contribution is 2.34. The van der Waals surface area contributed by atoms with E-state index in [0.717, 1.165) is 37.2 Å². The van der Waals surface area contributed by atoms with Gasteiger partial charge >= 0.3 is 12.3 Å². The second-order valence-electron chi connectivity index (χ2n) is 16.8. The number of nitrogens with one attached hydrogen (secondary N) is 3. The lowest BCUT2D eigenvalue weighted by Gasteiger charge is -2.31. The van der Waals surface area contributed by atoms with Crippen molar-refractivity contribution in [3.63, 3.8) is 0 Å². The van der Waals surface area contributed by atoms with E-state index < -0.39 is 61.1 Å². The Labute approximate surface area is 327 Å². The van der Waals surface area contributed by atoms with Crippen molar-refractivity contribution in [1.29, 1.82) is 0 Å². The maximum absolute atomic E-state index is 14.3. The minimum absolute atomic E-state index is 0.0557. The molecule has 0 radical (unpaired) electrons. The maximum atomic E-state index is 14.3. The summed E-state index contributed by atoms with van der Waals surface area (Å²) in [6.45, 7) is 14.6. The van der Waals surface area contributed by atoms with Gasteiger partial charge in [0.05, 0.1) is 42.0 Å². The van der Waals surface area contributed by atoms with Crippen LogP contribution >= 0.6 is 0 Å². The number of fused-ring (bicyclic) bond motifs is 1. The normalized spacial score (nSPS) is 18.2. The Morgan fingerprint density at radius 3 is 2.36 bits per heavy atom. The molecule has 55 heavy (non-hydrogen) atoms. The van der Waals surface area contributed by atoms with Crippen molar-refractivity contribution in [3.05, 3.63) is 65.5 Å². The lowest BCUT2D eigenvalue weighted by molar-refractivity contribution is -0.153. The first-order valence-corrected chi connectivity index (χ1v) is 24.0. The van der Waals surface area contributed by atoms with Gasteiger partial charge in [0.2, 0.25) is 0 Å². The van der Waals surface area contributed by atoms with E-state index in [-0.39, 0.29) is 38.3 Å². The molecule has 3 aromatic rings. The number of hydrogen-bond acceptors (Lipinski definition) is 9. The van der Waals surface area contributed by atoms with Crippen LogP contribution in [0.25, 0.3) is 11.0 Å². The van der Waals surface area contributed by atoms with E-state index in [1.807, 2.05) is 55.8 Å². The molecular formula is C39H58F3N5O6SSi. The van der Waals surface area contributed by atoms with Gasteiger partial charge in [-0.1, -0.05) is 56.0 Å². The summed E-state index contributed by atoms with van der Waals surface area (Å²) in [4.78, 5) is 17.6. The zero-order valence-electron chi connectivity index (χ0n) is 33.0. The minimum Gasteiger partial charge on any atom is -0.598 e. The molecule has 1 heterocycles. The van der Waals surface area contributed by atoms with Crippen molar-refractivity contribution < 1.29 is 41.5 Å². The third-order valence-corrected chi connectivity index (χ3v) is 12.7. The van der Waals surface area contributed by atoms with Gasteiger partial charge in [0.1, 0.15) is 36.0 Å². The Balaban J connectivity index is 1.41. The van der Waals surface area contributed by atoms with Crippen LogP contribution in [0.4, 0.5) is 18.0 Å². The zero-order chi connectivity index (χ0) is 40.0. The molecule has 0 saturated heterocycles. The standard InChI is InChI=1S/C39H58F3N5O6SSi/c1-26(53-30-16-17-30)35(46-54(49)38(2,3)4)36-44-31-21-28(13-18-33(31)47(36)25-50-19-20-55(5,6)7)32(24-51-29-14-15-29)43-22-34(39(40,41)42)45-37(48)52-23-27-11-9-8-10-12-27/h8-13,18,21,26,29-30,32,34-35,43,46H,14-17,19-20,22-25H2,1-7H3,(H,45,48)/t26-,32-,34+,35+,54?/m1/s1. The number of halogens is 3. The number of carbonyl (C=O) groups is 1. The molecule has 0 bridgehead atoms. The number of amides is 1. The largest absolute Gasteiger partial charge is 0.598 e. The number of alkyl halides is 3. The van der Waals surface area contributed by atoms with Gasteiger partial charge in [-0.25, -0.2) is 9.78 Å². The van der Waals surface area contributed by atoms with Crippen molar-refractivity contribution in [2.24, 2.45) is 0 Å². The number of imidazole rings is 1. The SMILES string of the molecule is C[C@@H](OC1CC1)[C@H](N[S+]([O-])C(C)(C)C)c1nc2cc([C@@H](COC3CC3)NC[C@H](NC(=O)OCc3ccccc3)C(F)(F)F)ccc2n1COCC[Si](C)(C)C. The van der Waals surface area contributed by atoms with Crippen molar-refractivity contribution >= 4 is 36.6 Å². The van der Waals surface area contributed by atoms with E-state index in [4.69, 9.17) is 23.9 Å². The Morgan fingerprint density at radius 2 is 1.75 bits per heavy atom. The molecule has 0 aliphatic heterocycles. The summed E-state index contributed by atoms with van der Waals surface area (Å²) in [6.07, 6.45) is -2.37. The van der Waals surface area contributed by atoms with Gasteiger partial charge in [0.25, 0.3) is 0 Å². The summed E-state index contributed by atoms with van der Waals surface area (Å²) in [5.74, 6) is 0.597. The maximum Gasteiger partial charge on any atom is 0.409 e. The van der Waals surface area contributed by atoms with Crippen LogP contribution in [0.2, 0.25) is 25.7 Å². The van der Waals surface area contributed by atoms with Gasteiger partial charge in [-0.3, -0.25) is 0 Å². The fourth-order valence-corrected chi connectivity index (χ4v) is 7.32. The van der Waals surface area contributed by atoms with Crippen molar-refractivity contribution in [2.75, 3.05) is 19.8 Å². The van der Waals surface area contributed by atoms with Gasteiger partial charge in [-0.15, -0.1) is 4.72 Å². The van der Waals surface area contributed by atoms with Crippen LogP contribution in [-0.4, -0.2) is 83.3 Å². The average Bonchev–Trinajstić information content (AvgIpc) is 4.05. The van der Waals surface area contributed by atoms with Crippen LogP contribution in [0.15, 0.2) is 48.5 Å². The second-order valence-corrected chi connectivity index (χ2v) is 24.4. The summed E-state index contributed by atoms with van der Waals surface area (Å²) in [5.41, 5.74) is 2.69. The van der Waals surface area contributed by atoms with Gasteiger partial charge < -0.3 is 38.7 Å². The van der Waals surface area contributed by atoms with Crippen LogP contribution in [0.5, 0.6) is 0 Å². The number of hydrogen-bond donors (Lipinski definition) is 3. The van der Waals surface area contributed by atoms with Crippen molar-refractivity contribution in [1.82, 2.24) is 24.9 Å². The van der Waals surface area contributed by atoms with Gasteiger partial charge in [-0.2, -0.15) is 13.2 Å². The van der Waals surface area contributed by atoms with Crippen LogP contribution < -0.4 is 15.4 Å². The highest BCUT2D eigenvalue weighted by atomic mass is 32.2. The average molecular weight is 810 g/mol. The molecule has 0 spiro atoms. The number of ether oxygens (including phenoxy) is 4. The monoisotopic (exact) mass is 809 g/mol. The second kappa shape index (κ2) is 18.7. The third-order valence-electron chi connectivity index (χ3n) is 9.38. The lowest BCUT2D eigenvalue weighted by Crippen LogP contribution is -2.52. The Kier molecular flexibility index (Phi) is 14.8. The molecule has 3 N–H and O–H groups in total. The van der Waals surface area contributed by atoms with Crippen LogP contribution in [0, 0.1) is 0 Å². The van der Waals surface area contributed by atoms with E-state index in [9.17, 15) is 22.5 Å². The minimum atomic E-state index is -4.75. The number of rotatable bonds is 21. The van der Waals surface area contributed by atoms with Crippen LogP contribution in [-0.2, 0) is 43.6 Å². The molecule has 1 amide bonds. The van der Waals surface area contributed by atoms with Crippen molar-refractivity contribution in [2.45, 2.75) is 140 Å². The molecule has 2 aromatic carbocycles. The van der Waals surface area contributed by atoms with Gasteiger partial charge in [0.15, 0.2) is 0 Å². The molecule has 1 unspecified atom stereocenters. The first kappa shape index (κ1) is 43.4. The molecule has 16 heteroatoms. The van der Waals surface area contributed by atoms with E-state index in [0.29, 0.717) is 29.1 Å². The summed E-state index contributed by atoms with van der Waals surface area (Å²) in [7, 11) is -1.37. The van der Waals surface area contributed by atoms with Crippen LogP contribution in [0.3, 0.4) is 0 Å². The Hall–Kier alpha value is -2.70. The smallest absolute Gasteiger partial charge is 0.409 e. The molecule has 2 aliphatic carbocycles. The summed E-state index contributed by atoms with van der Waals surface area (Å²) in [5, 5.41) is 5.01. The third kappa shape index (κ3) is 13.7. The fourth-order valence-electron chi connectivity index (χ4n) is 5.68. The lowest BCUT2D eigenvalue weighted by atomic mass is 10.1. The molecule has 306 valence electrons. The molecule has 2 fully saturated rings. The fraction of sp³-hybridized carbons (Fsp3) is 0.641. The van der Waals surface area contributed by atoms with Gasteiger partial charge in [-0.05, 0) is 82.7 Å². The highest BCUT2D eigenvalue weighted by Gasteiger charge is 2.42. The predicted octanol–water partition coefficient (Wildman–Crippen LogP) is 7.68. The zero-order valence-corrected chi connectivity index (χ0v) is 34.9. The summed E-state index contributed by atoms with van der Waals surface area (Å²) >= 11 is -1.45.